The summed E-state index contributed by atoms with van der Waals surface area (Å²) >= 11 is 1.14. The van der Waals surface area contributed by atoms with Crippen molar-refractivity contribution >= 4 is 46.6 Å². The Morgan fingerprint density at radius 2 is 1.74 bits per heavy atom. The van der Waals surface area contributed by atoms with E-state index in [4.69, 9.17) is 4.74 Å². The second-order valence-electron chi connectivity index (χ2n) is 7.66. The molecule has 9 heteroatoms. The summed E-state index contributed by atoms with van der Waals surface area (Å²) < 4.78 is 5.52. The maximum Gasteiger partial charge on any atom is 0.343 e. The highest BCUT2D eigenvalue weighted by molar-refractivity contribution is 8.15. The van der Waals surface area contributed by atoms with Gasteiger partial charge >= 0.3 is 5.97 Å². The summed E-state index contributed by atoms with van der Waals surface area (Å²) in [6, 6.07) is 23.1. The van der Waals surface area contributed by atoms with Crippen LogP contribution in [0.1, 0.15) is 27.9 Å². The molecule has 1 saturated heterocycles. The first kappa shape index (κ1) is 23.9. The highest BCUT2D eigenvalue weighted by Gasteiger charge is 2.32. The van der Waals surface area contributed by atoms with Crippen molar-refractivity contribution in [2.75, 3.05) is 5.32 Å². The quantitative estimate of drug-likeness (QED) is 0.226. The number of carbonyl (C=O) groups excluding carboxylic acids is 3. The van der Waals surface area contributed by atoms with Crippen LogP contribution in [0.2, 0.25) is 0 Å². The number of carbonyl (C=O) groups is 3. The molecule has 1 aliphatic rings. The van der Waals surface area contributed by atoms with Gasteiger partial charge in [-0.15, -0.1) is 5.10 Å². The summed E-state index contributed by atoms with van der Waals surface area (Å²) in [6.45, 7) is 1.94. The van der Waals surface area contributed by atoms with Crippen LogP contribution in [0.4, 0.5) is 5.69 Å². The largest absolute Gasteiger partial charge is 0.422 e. The highest BCUT2D eigenvalue weighted by atomic mass is 32.2. The van der Waals surface area contributed by atoms with E-state index in [1.807, 2.05) is 37.3 Å². The van der Waals surface area contributed by atoms with Crippen LogP contribution in [-0.4, -0.2) is 34.4 Å². The van der Waals surface area contributed by atoms with Crippen LogP contribution in [0.15, 0.2) is 89.1 Å². The van der Waals surface area contributed by atoms with Crippen molar-refractivity contribution in [2.24, 2.45) is 10.2 Å². The third kappa shape index (κ3) is 6.64. The fourth-order valence-corrected chi connectivity index (χ4v) is 4.08. The topological polar surface area (TPSA) is 109 Å². The highest BCUT2D eigenvalue weighted by Crippen LogP contribution is 2.23. The molecule has 0 spiro atoms. The number of anilines is 1. The zero-order valence-corrected chi connectivity index (χ0v) is 19.6. The maximum absolute atomic E-state index is 12.5. The summed E-state index contributed by atoms with van der Waals surface area (Å²) in [6.07, 6.45) is 1.44. The lowest BCUT2D eigenvalue weighted by atomic mass is 10.1. The first-order valence-corrected chi connectivity index (χ1v) is 11.7. The zero-order chi connectivity index (χ0) is 24.6. The van der Waals surface area contributed by atoms with Crippen molar-refractivity contribution in [1.29, 1.82) is 0 Å². The van der Waals surface area contributed by atoms with Crippen LogP contribution >= 0.6 is 11.8 Å². The molecule has 1 fully saturated rings. The Balaban J connectivity index is 1.36. The van der Waals surface area contributed by atoms with Crippen molar-refractivity contribution in [3.8, 4) is 5.75 Å². The van der Waals surface area contributed by atoms with Crippen LogP contribution in [0.5, 0.6) is 5.75 Å². The van der Waals surface area contributed by atoms with Gasteiger partial charge in [0.05, 0.1) is 11.8 Å². The van der Waals surface area contributed by atoms with Crippen molar-refractivity contribution in [3.63, 3.8) is 0 Å². The number of amides is 2. The number of para-hydroxylation sites is 2. The van der Waals surface area contributed by atoms with Crippen LogP contribution in [-0.2, 0) is 9.59 Å². The number of rotatable bonds is 7. The first-order valence-electron chi connectivity index (χ1n) is 10.8. The van der Waals surface area contributed by atoms with E-state index in [1.54, 1.807) is 48.5 Å². The molecule has 1 heterocycles. The molecule has 35 heavy (non-hydrogen) atoms. The van der Waals surface area contributed by atoms with Gasteiger partial charge in [0.25, 0.3) is 0 Å². The van der Waals surface area contributed by atoms with Crippen molar-refractivity contribution < 1.29 is 19.1 Å². The normalized spacial score (nSPS) is 16.3. The van der Waals surface area contributed by atoms with E-state index in [0.717, 1.165) is 17.3 Å². The lowest BCUT2D eigenvalue weighted by molar-refractivity contribution is -0.122. The molecule has 1 atom stereocenters. The lowest BCUT2D eigenvalue weighted by Gasteiger charge is -2.07. The van der Waals surface area contributed by atoms with Gasteiger partial charge in [0.2, 0.25) is 11.8 Å². The molecule has 0 bridgehead atoms. The third-order valence-corrected chi connectivity index (χ3v) is 6.03. The molecular weight excluding hydrogens is 464 g/mol. The molecule has 2 amide bonds. The third-order valence-electron chi connectivity index (χ3n) is 4.96. The van der Waals surface area contributed by atoms with E-state index in [-0.39, 0.29) is 23.4 Å². The predicted molar refractivity (Wildman–Crippen MR) is 137 cm³/mol. The van der Waals surface area contributed by atoms with Crippen LogP contribution in [0.3, 0.4) is 0 Å². The van der Waals surface area contributed by atoms with Gasteiger partial charge in [-0.2, -0.15) is 5.10 Å². The molecule has 0 radical (unpaired) electrons. The Labute approximate surface area is 206 Å². The Morgan fingerprint density at radius 1 is 1.03 bits per heavy atom. The smallest absolute Gasteiger partial charge is 0.343 e. The first-order chi connectivity index (χ1) is 17.0. The van der Waals surface area contributed by atoms with Gasteiger partial charge < -0.3 is 15.4 Å². The molecule has 1 unspecified atom stereocenters. The Bertz CT molecular complexity index is 1290. The summed E-state index contributed by atoms with van der Waals surface area (Å²) in [5.41, 5.74) is 2.70. The lowest BCUT2D eigenvalue weighted by Crippen LogP contribution is -2.28. The number of hydrogen-bond acceptors (Lipinski definition) is 7. The average molecular weight is 487 g/mol. The number of hydrogen-bond donors (Lipinski definition) is 2. The van der Waals surface area contributed by atoms with Gasteiger partial charge in [-0.3, -0.25) is 9.59 Å². The minimum atomic E-state index is -0.601. The molecule has 0 saturated carbocycles. The van der Waals surface area contributed by atoms with E-state index >= 15 is 0 Å². The molecule has 1 aliphatic heterocycles. The molecule has 3 aromatic rings. The van der Waals surface area contributed by atoms with E-state index in [0.29, 0.717) is 22.6 Å². The van der Waals surface area contributed by atoms with E-state index in [2.05, 4.69) is 20.8 Å². The number of aryl methyl sites for hydroxylation is 1. The zero-order valence-electron chi connectivity index (χ0n) is 18.8. The molecule has 8 nitrogen and oxygen atoms in total. The van der Waals surface area contributed by atoms with Crippen LogP contribution < -0.4 is 15.4 Å². The molecule has 176 valence electrons. The van der Waals surface area contributed by atoms with Gasteiger partial charge in [-0.05, 0) is 43.3 Å². The summed E-state index contributed by atoms with van der Waals surface area (Å²) in [5.74, 6) is -0.717. The fraction of sp³-hybridized carbons (Fsp3) is 0.115. The van der Waals surface area contributed by atoms with E-state index in [1.165, 1.54) is 6.21 Å². The molecular formula is C26H22N4O4S. The Hall–Kier alpha value is -4.24. The molecule has 0 aliphatic carbocycles. The Morgan fingerprint density at radius 3 is 2.51 bits per heavy atom. The minimum Gasteiger partial charge on any atom is -0.422 e. The molecule has 0 aromatic heterocycles. The second kappa shape index (κ2) is 11.3. The van der Waals surface area contributed by atoms with E-state index < -0.39 is 11.2 Å². The monoisotopic (exact) mass is 486 g/mol. The number of esters is 1. The van der Waals surface area contributed by atoms with Gasteiger partial charge in [0.1, 0.15) is 11.0 Å². The number of benzene rings is 3. The van der Waals surface area contributed by atoms with Gasteiger partial charge in [-0.1, -0.05) is 59.8 Å². The average Bonchev–Trinajstić information content (AvgIpc) is 3.19. The van der Waals surface area contributed by atoms with Crippen LogP contribution in [0, 0.1) is 6.92 Å². The summed E-state index contributed by atoms with van der Waals surface area (Å²) in [7, 11) is 0. The second-order valence-corrected chi connectivity index (χ2v) is 8.85. The number of ether oxygens (including phenoxy) is 1. The van der Waals surface area contributed by atoms with Gasteiger partial charge in [0.15, 0.2) is 5.17 Å². The maximum atomic E-state index is 12.5. The van der Waals surface area contributed by atoms with Gasteiger partial charge in [0, 0.05) is 17.7 Å². The molecule has 2 N–H and O–H groups in total. The number of amidine groups is 1. The number of nitrogens with one attached hydrogen (secondary N) is 2. The summed E-state index contributed by atoms with van der Waals surface area (Å²) in [4.78, 5) is 36.9. The predicted octanol–water partition coefficient (Wildman–Crippen LogP) is 4.16. The fourth-order valence-electron chi connectivity index (χ4n) is 3.16. The number of nitrogens with zero attached hydrogens (tertiary/aromatic N) is 2. The SMILES string of the molecule is Cc1ccc(C(=O)Oc2ccccc2C=NN=C2NC(=O)C(CC(=O)Nc3ccccc3)S2)cc1. The Kier molecular flexibility index (Phi) is 7.69. The summed E-state index contributed by atoms with van der Waals surface area (Å²) in [5, 5.41) is 13.1. The van der Waals surface area contributed by atoms with Crippen molar-refractivity contribution in [1.82, 2.24) is 5.32 Å². The van der Waals surface area contributed by atoms with Crippen molar-refractivity contribution in [3.05, 3.63) is 95.6 Å². The number of thioether (sulfide) groups is 1. The van der Waals surface area contributed by atoms with Gasteiger partial charge in [-0.25, -0.2) is 4.79 Å². The molecule has 4 rings (SSSR count). The standard InChI is InChI=1S/C26H22N4O4S/c1-17-11-13-18(14-12-17)25(33)34-21-10-6-5-7-19(21)16-27-30-26-29-24(32)22(35-26)15-23(31)28-20-8-3-2-4-9-20/h2-14,16,22H,15H2,1H3,(H,28,31)(H,29,30,32). The van der Waals surface area contributed by atoms with Crippen molar-refractivity contribution in [2.45, 2.75) is 18.6 Å². The molecule has 3 aromatic carbocycles. The minimum absolute atomic E-state index is 0.00588. The van der Waals surface area contributed by atoms with E-state index in [9.17, 15) is 14.4 Å². The van der Waals surface area contributed by atoms with Crippen LogP contribution in [0.25, 0.3) is 0 Å².